The van der Waals surface area contributed by atoms with Crippen molar-refractivity contribution in [3.05, 3.63) is 92.4 Å². The van der Waals surface area contributed by atoms with Crippen molar-refractivity contribution in [1.82, 2.24) is 5.32 Å². The first-order chi connectivity index (χ1) is 14.9. The van der Waals surface area contributed by atoms with Gasteiger partial charge in [-0.1, -0.05) is 80.4 Å². The molecule has 158 valence electrons. The highest BCUT2D eigenvalue weighted by molar-refractivity contribution is 9.11. The van der Waals surface area contributed by atoms with E-state index in [0.717, 1.165) is 36.8 Å². The van der Waals surface area contributed by atoms with Gasteiger partial charge in [-0.25, -0.2) is 9.59 Å². The number of aliphatic carboxylic acids is 1. The van der Waals surface area contributed by atoms with E-state index in [0.29, 0.717) is 0 Å². The van der Waals surface area contributed by atoms with Crippen LogP contribution < -0.4 is 5.32 Å². The summed E-state index contributed by atoms with van der Waals surface area (Å²) in [6.45, 7) is 0.132. The number of fused-ring (bicyclic) bond motifs is 3. The molecule has 3 aromatic carbocycles. The van der Waals surface area contributed by atoms with E-state index in [1.165, 1.54) is 0 Å². The maximum Gasteiger partial charge on any atom is 0.407 e. The lowest BCUT2D eigenvalue weighted by molar-refractivity contribution is -0.139. The highest BCUT2D eigenvalue weighted by Gasteiger charge is 2.30. The smallest absolute Gasteiger partial charge is 0.407 e. The quantitative estimate of drug-likeness (QED) is 0.414. The van der Waals surface area contributed by atoms with Crippen molar-refractivity contribution >= 4 is 43.9 Å². The van der Waals surface area contributed by atoms with E-state index >= 15 is 0 Å². The summed E-state index contributed by atoms with van der Waals surface area (Å²) in [6.07, 6.45) is -0.625. The second-order valence-electron chi connectivity index (χ2n) is 7.30. The summed E-state index contributed by atoms with van der Waals surface area (Å²) in [5, 5.41) is 12.1. The molecule has 0 saturated carbocycles. The van der Waals surface area contributed by atoms with Gasteiger partial charge in [0.1, 0.15) is 12.6 Å². The minimum absolute atomic E-state index is 0.0827. The highest BCUT2D eigenvalue weighted by atomic mass is 79.9. The average Bonchev–Trinajstić information content (AvgIpc) is 3.08. The summed E-state index contributed by atoms with van der Waals surface area (Å²) in [5.74, 6) is -1.21. The van der Waals surface area contributed by atoms with Gasteiger partial charge in [-0.2, -0.15) is 0 Å². The molecule has 0 fully saturated rings. The molecule has 1 unspecified atom stereocenters. The summed E-state index contributed by atoms with van der Waals surface area (Å²) in [4.78, 5) is 24.2. The average molecular weight is 545 g/mol. The molecule has 1 aliphatic carbocycles. The number of carbonyl (C=O) groups excluding carboxylic acids is 1. The van der Waals surface area contributed by atoms with Crippen molar-refractivity contribution in [2.45, 2.75) is 18.4 Å². The zero-order valence-electron chi connectivity index (χ0n) is 16.3. The molecule has 0 heterocycles. The molecule has 0 aliphatic heterocycles. The molecule has 0 radical (unpaired) electrons. The molecule has 0 spiro atoms. The molecule has 1 amide bonds. The van der Waals surface area contributed by atoms with Crippen molar-refractivity contribution in [3.63, 3.8) is 0 Å². The molecule has 1 aliphatic rings. The molecule has 5 nitrogen and oxygen atoms in total. The van der Waals surface area contributed by atoms with Gasteiger partial charge in [-0.15, -0.1) is 0 Å². The Hall–Kier alpha value is -2.64. The molecular weight excluding hydrogens is 526 g/mol. The van der Waals surface area contributed by atoms with E-state index in [2.05, 4.69) is 49.3 Å². The Morgan fingerprint density at radius 1 is 0.968 bits per heavy atom. The Kier molecular flexibility index (Phi) is 6.43. The topological polar surface area (TPSA) is 75.6 Å². The summed E-state index contributed by atoms with van der Waals surface area (Å²) in [6, 6.07) is 20.5. The number of alkyl carbamates (subject to hydrolysis) is 1. The predicted molar refractivity (Wildman–Crippen MR) is 125 cm³/mol. The van der Waals surface area contributed by atoms with Crippen LogP contribution in [0.5, 0.6) is 0 Å². The zero-order chi connectivity index (χ0) is 22.0. The second-order valence-corrected chi connectivity index (χ2v) is 9.07. The van der Waals surface area contributed by atoms with Crippen LogP contribution in [0, 0.1) is 0 Å². The largest absolute Gasteiger partial charge is 0.480 e. The van der Waals surface area contributed by atoms with Gasteiger partial charge in [0.2, 0.25) is 0 Å². The number of benzene rings is 3. The lowest BCUT2D eigenvalue weighted by Crippen LogP contribution is -2.43. The minimum atomic E-state index is -1.12. The number of hydrogen-bond acceptors (Lipinski definition) is 3. The number of amides is 1. The first-order valence-corrected chi connectivity index (χ1v) is 11.3. The molecular formula is C24H19Br2NO4. The van der Waals surface area contributed by atoms with E-state index < -0.39 is 18.1 Å². The maximum absolute atomic E-state index is 12.5. The zero-order valence-corrected chi connectivity index (χ0v) is 19.5. The number of carbonyl (C=O) groups is 2. The van der Waals surface area contributed by atoms with E-state index in [1.54, 1.807) is 0 Å². The number of carboxylic acids is 1. The van der Waals surface area contributed by atoms with E-state index in [9.17, 15) is 14.7 Å². The lowest BCUT2D eigenvalue weighted by atomic mass is 9.98. The molecule has 3 aromatic rings. The van der Waals surface area contributed by atoms with E-state index in [4.69, 9.17) is 4.74 Å². The summed E-state index contributed by atoms with van der Waals surface area (Å²) < 4.78 is 7.08. The summed E-state index contributed by atoms with van der Waals surface area (Å²) in [7, 11) is 0. The van der Waals surface area contributed by atoms with Gasteiger partial charge in [0, 0.05) is 21.3 Å². The van der Waals surface area contributed by atoms with Crippen LogP contribution in [0.25, 0.3) is 11.1 Å². The van der Waals surface area contributed by atoms with Gasteiger partial charge in [-0.05, 0) is 46.0 Å². The Labute approximate surface area is 196 Å². The van der Waals surface area contributed by atoms with Gasteiger partial charge >= 0.3 is 12.1 Å². The molecule has 2 N–H and O–H groups in total. The van der Waals surface area contributed by atoms with Crippen molar-refractivity contribution in [2.75, 3.05) is 6.61 Å². The third kappa shape index (κ3) is 4.67. The second kappa shape index (κ2) is 9.24. The monoisotopic (exact) mass is 543 g/mol. The Balaban J connectivity index is 1.45. The Morgan fingerprint density at radius 2 is 1.58 bits per heavy atom. The van der Waals surface area contributed by atoms with Crippen molar-refractivity contribution in [2.24, 2.45) is 0 Å². The van der Waals surface area contributed by atoms with Crippen LogP contribution >= 0.6 is 31.9 Å². The molecule has 1 atom stereocenters. The number of hydrogen-bond donors (Lipinski definition) is 2. The molecule has 0 aromatic heterocycles. The number of nitrogens with one attached hydrogen (secondary N) is 1. The maximum atomic E-state index is 12.5. The van der Waals surface area contributed by atoms with Gasteiger partial charge in [0.15, 0.2) is 0 Å². The summed E-state index contributed by atoms with van der Waals surface area (Å²) in [5.41, 5.74) is 5.24. The van der Waals surface area contributed by atoms with Gasteiger partial charge < -0.3 is 15.2 Å². The number of rotatable bonds is 6. The van der Waals surface area contributed by atoms with Crippen molar-refractivity contribution in [3.8, 4) is 11.1 Å². The van der Waals surface area contributed by atoms with Gasteiger partial charge in [0.25, 0.3) is 0 Å². The van der Waals surface area contributed by atoms with Crippen LogP contribution in [0.4, 0.5) is 4.79 Å². The molecule has 0 bridgehead atoms. The Bertz CT molecular complexity index is 1100. The van der Waals surface area contributed by atoms with Crippen LogP contribution in [0.2, 0.25) is 0 Å². The van der Waals surface area contributed by atoms with Crippen LogP contribution in [-0.2, 0) is 16.0 Å². The van der Waals surface area contributed by atoms with Crippen LogP contribution in [-0.4, -0.2) is 29.8 Å². The lowest BCUT2D eigenvalue weighted by Gasteiger charge is -2.18. The normalized spacial score (nSPS) is 13.2. The van der Waals surface area contributed by atoms with Crippen LogP contribution in [0.1, 0.15) is 22.6 Å². The molecule has 4 rings (SSSR count). The van der Waals surface area contributed by atoms with E-state index in [1.807, 2.05) is 54.6 Å². The third-order valence-corrected chi connectivity index (χ3v) is 6.63. The van der Waals surface area contributed by atoms with Gasteiger partial charge in [0.05, 0.1) is 0 Å². The number of ether oxygens (including phenoxy) is 1. The third-order valence-electron chi connectivity index (χ3n) is 5.37. The number of carboxylic acid groups (broad SMARTS) is 1. The first-order valence-electron chi connectivity index (χ1n) is 9.72. The molecule has 31 heavy (non-hydrogen) atoms. The van der Waals surface area contributed by atoms with Gasteiger partial charge in [-0.3, -0.25) is 0 Å². The highest BCUT2D eigenvalue weighted by Crippen LogP contribution is 2.44. The standard InChI is InChI=1S/C24H19Br2NO4/c25-15-9-10-21(26)14(11-15)12-22(23(28)29)27-24(30)31-13-20-18-7-3-1-5-16(18)17-6-2-4-8-19(17)20/h1-11,20,22H,12-13H2,(H,27,30)(H,28,29). The predicted octanol–water partition coefficient (Wildman–Crippen LogP) is 5.75. The van der Waals surface area contributed by atoms with Crippen LogP contribution in [0.15, 0.2) is 75.7 Å². The minimum Gasteiger partial charge on any atom is -0.480 e. The Morgan fingerprint density at radius 3 is 2.19 bits per heavy atom. The fourth-order valence-electron chi connectivity index (χ4n) is 3.90. The van der Waals surface area contributed by atoms with Crippen molar-refractivity contribution < 1.29 is 19.4 Å². The van der Waals surface area contributed by atoms with E-state index in [-0.39, 0.29) is 18.9 Å². The SMILES string of the molecule is O=C(NC(Cc1cc(Br)ccc1Br)C(=O)O)OCC1c2ccccc2-c2ccccc21. The van der Waals surface area contributed by atoms with Crippen molar-refractivity contribution in [1.29, 1.82) is 0 Å². The fourth-order valence-corrected chi connectivity index (χ4v) is 4.72. The van der Waals surface area contributed by atoms with Crippen LogP contribution in [0.3, 0.4) is 0 Å². The number of halogens is 2. The molecule has 7 heteroatoms. The fraction of sp³-hybridized carbons (Fsp3) is 0.167. The summed E-state index contributed by atoms with van der Waals surface area (Å²) >= 11 is 6.81. The molecule has 0 saturated heterocycles. The first kappa shape index (κ1) is 21.6.